The number of nitrogens with one attached hydrogen (secondary N) is 1. The van der Waals surface area contributed by atoms with Crippen LogP contribution in [0.15, 0.2) is 45.3 Å². The summed E-state index contributed by atoms with van der Waals surface area (Å²) in [6, 6.07) is 11.1. The van der Waals surface area contributed by atoms with E-state index in [9.17, 15) is 4.39 Å². The summed E-state index contributed by atoms with van der Waals surface area (Å²) in [7, 11) is 0. The van der Waals surface area contributed by atoms with Gasteiger partial charge in [-0.15, -0.1) is 0 Å². The molecule has 0 aromatic heterocycles. The van der Waals surface area contributed by atoms with Crippen LogP contribution in [0.5, 0.6) is 0 Å². The molecule has 1 N–H and O–H groups in total. The monoisotopic (exact) mass is 385 g/mol. The third kappa shape index (κ3) is 3.57. The fourth-order valence-corrected chi connectivity index (χ4v) is 2.61. The second-order valence-corrected chi connectivity index (χ2v) is 6.32. The Hall–Kier alpha value is -0.870. The highest BCUT2D eigenvalue weighted by molar-refractivity contribution is 9.10. The van der Waals surface area contributed by atoms with Gasteiger partial charge in [0.1, 0.15) is 5.82 Å². The molecule has 1 atom stereocenters. The van der Waals surface area contributed by atoms with Crippen LogP contribution in [0.2, 0.25) is 0 Å². The maximum atomic E-state index is 13.9. The van der Waals surface area contributed by atoms with Crippen molar-refractivity contribution in [2.75, 3.05) is 5.32 Å². The molecule has 0 aliphatic rings. The lowest BCUT2D eigenvalue weighted by atomic mass is 10.1. The number of rotatable bonds is 3. The molecule has 100 valence electrons. The first-order valence-corrected chi connectivity index (χ1v) is 7.53. The van der Waals surface area contributed by atoms with E-state index in [-0.39, 0.29) is 11.9 Å². The molecule has 0 saturated heterocycles. The van der Waals surface area contributed by atoms with E-state index in [1.54, 1.807) is 6.07 Å². The molecule has 0 bridgehead atoms. The first-order valence-electron chi connectivity index (χ1n) is 5.95. The standard InChI is InChI=1S/C15H14Br2FN/c1-9-3-4-12(17)8-15(9)19-10(2)13-6-5-11(16)7-14(13)18/h3-8,10,19H,1-2H3. The van der Waals surface area contributed by atoms with E-state index in [4.69, 9.17) is 0 Å². The highest BCUT2D eigenvalue weighted by Gasteiger charge is 2.12. The lowest BCUT2D eigenvalue weighted by Gasteiger charge is -2.18. The van der Waals surface area contributed by atoms with E-state index in [2.05, 4.69) is 37.2 Å². The molecule has 0 heterocycles. The van der Waals surface area contributed by atoms with Crippen molar-refractivity contribution in [3.63, 3.8) is 0 Å². The Morgan fingerprint density at radius 3 is 2.37 bits per heavy atom. The SMILES string of the molecule is Cc1ccc(Br)cc1NC(C)c1ccc(Br)cc1F. The first-order chi connectivity index (χ1) is 8.97. The van der Waals surface area contributed by atoms with E-state index >= 15 is 0 Å². The van der Waals surface area contributed by atoms with Crippen molar-refractivity contribution >= 4 is 37.5 Å². The van der Waals surface area contributed by atoms with Crippen molar-refractivity contribution in [2.45, 2.75) is 19.9 Å². The van der Waals surface area contributed by atoms with Gasteiger partial charge in [-0.3, -0.25) is 0 Å². The first kappa shape index (κ1) is 14.5. The minimum Gasteiger partial charge on any atom is -0.378 e. The zero-order valence-corrected chi connectivity index (χ0v) is 13.8. The second kappa shape index (κ2) is 6.06. The molecule has 0 spiro atoms. The van der Waals surface area contributed by atoms with Gasteiger partial charge in [-0.1, -0.05) is 44.0 Å². The Labute approximate surface area is 129 Å². The van der Waals surface area contributed by atoms with E-state index in [0.29, 0.717) is 5.56 Å². The van der Waals surface area contributed by atoms with Gasteiger partial charge in [-0.25, -0.2) is 4.39 Å². The molecule has 0 aliphatic carbocycles. The summed E-state index contributed by atoms with van der Waals surface area (Å²) >= 11 is 6.71. The molecule has 0 fully saturated rings. The van der Waals surface area contributed by atoms with Crippen LogP contribution < -0.4 is 5.32 Å². The van der Waals surface area contributed by atoms with Crippen LogP contribution >= 0.6 is 31.9 Å². The van der Waals surface area contributed by atoms with Gasteiger partial charge < -0.3 is 5.32 Å². The van der Waals surface area contributed by atoms with Crippen LogP contribution in [0, 0.1) is 12.7 Å². The maximum Gasteiger partial charge on any atom is 0.129 e. The Kier molecular flexibility index (Phi) is 4.63. The average Bonchev–Trinajstić information content (AvgIpc) is 2.33. The lowest BCUT2D eigenvalue weighted by molar-refractivity contribution is 0.599. The summed E-state index contributed by atoms with van der Waals surface area (Å²) in [5.74, 6) is -0.206. The fourth-order valence-electron chi connectivity index (χ4n) is 1.91. The molecule has 0 radical (unpaired) electrons. The molecule has 19 heavy (non-hydrogen) atoms. The minimum atomic E-state index is -0.206. The molecule has 0 aliphatic heterocycles. The van der Waals surface area contributed by atoms with E-state index in [1.807, 2.05) is 38.1 Å². The van der Waals surface area contributed by atoms with Gasteiger partial charge >= 0.3 is 0 Å². The molecule has 2 aromatic carbocycles. The zero-order valence-electron chi connectivity index (χ0n) is 10.7. The summed E-state index contributed by atoms with van der Waals surface area (Å²) in [5, 5.41) is 3.34. The average molecular weight is 387 g/mol. The zero-order chi connectivity index (χ0) is 14.0. The number of hydrogen-bond acceptors (Lipinski definition) is 1. The molecular formula is C15H14Br2FN. The van der Waals surface area contributed by atoms with E-state index in [0.717, 1.165) is 20.2 Å². The third-order valence-corrected chi connectivity index (χ3v) is 3.99. The highest BCUT2D eigenvalue weighted by Crippen LogP contribution is 2.27. The smallest absolute Gasteiger partial charge is 0.129 e. The highest BCUT2D eigenvalue weighted by atomic mass is 79.9. The van der Waals surface area contributed by atoms with Crippen molar-refractivity contribution in [1.29, 1.82) is 0 Å². The Morgan fingerprint density at radius 1 is 1.05 bits per heavy atom. The Morgan fingerprint density at radius 2 is 1.68 bits per heavy atom. The van der Waals surface area contributed by atoms with Gasteiger partial charge in [0.2, 0.25) is 0 Å². The quantitative estimate of drug-likeness (QED) is 0.699. The van der Waals surface area contributed by atoms with Gasteiger partial charge in [0.25, 0.3) is 0 Å². The number of hydrogen-bond donors (Lipinski definition) is 1. The second-order valence-electron chi connectivity index (χ2n) is 4.49. The van der Waals surface area contributed by atoms with Gasteiger partial charge in [-0.05, 0) is 43.7 Å². The van der Waals surface area contributed by atoms with Crippen LogP contribution in [-0.2, 0) is 0 Å². The molecule has 2 aromatic rings. The maximum absolute atomic E-state index is 13.9. The fraction of sp³-hybridized carbons (Fsp3) is 0.200. The number of aryl methyl sites for hydroxylation is 1. The van der Waals surface area contributed by atoms with Gasteiger partial charge in [0, 0.05) is 20.2 Å². The third-order valence-electron chi connectivity index (χ3n) is 3.00. The molecule has 0 saturated carbocycles. The molecule has 0 amide bonds. The summed E-state index contributed by atoms with van der Waals surface area (Å²) in [6.07, 6.45) is 0. The molecule has 2 rings (SSSR count). The van der Waals surface area contributed by atoms with E-state index < -0.39 is 0 Å². The predicted molar refractivity (Wildman–Crippen MR) is 85.0 cm³/mol. The summed E-state index contributed by atoms with van der Waals surface area (Å²) in [6.45, 7) is 3.98. The lowest BCUT2D eigenvalue weighted by Crippen LogP contribution is -2.09. The number of halogens is 3. The Bertz CT molecular complexity index is 599. The van der Waals surface area contributed by atoms with Gasteiger partial charge in [-0.2, -0.15) is 0 Å². The Balaban J connectivity index is 2.25. The van der Waals surface area contributed by atoms with Crippen molar-refractivity contribution in [1.82, 2.24) is 0 Å². The molecule has 1 nitrogen and oxygen atoms in total. The van der Waals surface area contributed by atoms with Crippen molar-refractivity contribution in [3.8, 4) is 0 Å². The van der Waals surface area contributed by atoms with Crippen molar-refractivity contribution in [2.24, 2.45) is 0 Å². The van der Waals surface area contributed by atoms with Crippen LogP contribution in [0.4, 0.5) is 10.1 Å². The molecule has 4 heteroatoms. The number of benzene rings is 2. The summed E-state index contributed by atoms with van der Waals surface area (Å²) < 4.78 is 15.7. The van der Waals surface area contributed by atoms with Crippen LogP contribution in [0.25, 0.3) is 0 Å². The summed E-state index contributed by atoms with van der Waals surface area (Å²) in [5.41, 5.74) is 2.79. The topological polar surface area (TPSA) is 12.0 Å². The van der Waals surface area contributed by atoms with Crippen LogP contribution in [0.1, 0.15) is 24.1 Å². The molecular weight excluding hydrogens is 373 g/mol. The summed E-state index contributed by atoms with van der Waals surface area (Å²) in [4.78, 5) is 0. The minimum absolute atomic E-state index is 0.0962. The van der Waals surface area contributed by atoms with Crippen molar-refractivity contribution < 1.29 is 4.39 Å². The molecule has 1 unspecified atom stereocenters. The van der Waals surface area contributed by atoms with Gasteiger partial charge in [0.05, 0.1) is 6.04 Å². The van der Waals surface area contributed by atoms with E-state index in [1.165, 1.54) is 6.07 Å². The van der Waals surface area contributed by atoms with Crippen molar-refractivity contribution in [3.05, 3.63) is 62.3 Å². The van der Waals surface area contributed by atoms with Crippen LogP contribution in [0.3, 0.4) is 0 Å². The largest absolute Gasteiger partial charge is 0.378 e. The van der Waals surface area contributed by atoms with Crippen LogP contribution in [-0.4, -0.2) is 0 Å². The normalized spacial score (nSPS) is 12.3. The number of anilines is 1. The van der Waals surface area contributed by atoms with Gasteiger partial charge in [0.15, 0.2) is 0 Å². The predicted octanol–water partition coefficient (Wildman–Crippen LogP) is 5.83.